The molecule has 0 heterocycles. The minimum absolute atomic E-state index is 0.244. The van der Waals surface area contributed by atoms with Gasteiger partial charge in [0.25, 0.3) is 5.91 Å². The van der Waals surface area contributed by atoms with Gasteiger partial charge in [-0.05, 0) is 42.8 Å². The van der Waals surface area contributed by atoms with Crippen LogP contribution in [0.1, 0.15) is 30.6 Å². The lowest BCUT2D eigenvalue weighted by molar-refractivity contribution is -0.131. The highest BCUT2D eigenvalue weighted by Crippen LogP contribution is 2.19. The summed E-state index contributed by atoms with van der Waals surface area (Å²) in [4.78, 5) is 23.2. The molecule has 5 nitrogen and oxygen atoms in total. The van der Waals surface area contributed by atoms with Crippen molar-refractivity contribution in [3.05, 3.63) is 54.1 Å². The Balaban J connectivity index is 2.02. The predicted octanol–water partition coefficient (Wildman–Crippen LogP) is 3.65. The van der Waals surface area contributed by atoms with E-state index >= 15 is 0 Å². The molecule has 2 aromatic rings. The Morgan fingerprint density at radius 1 is 1.04 bits per heavy atom. The van der Waals surface area contributed by atoms with Gasteiger partial charge in [-0.1, -0.05) is 13.0 Å². The summed E-state index contributed by atoms with van der Waals surface area (Å²) in [7, 11) is 0. The number of carbonyl (C=O) groups excluding carboxylic acids is 2. The summed E-state index contributed by atoms with van der Waals surface area (Å²) in [5.41, 5.74) is 1.08. The van der Waals surface area contributed by atoms with Gasteiger partial charge < -0.3 is 14.8 Å². The van der Waals surface area contributed by atoms with Crippen molar-refractivity contribution >= 4 is 17.6 Å². The highest BCUT2D eigenvalue weighted by molar-refractivity contribution is 6.04. The second kappa shape index (κ2) is 7.98. The molecule has 0 aliphatic heterocycles. The SMILES string of the molecule is CCCOc1ccc(C(=O)Nc2cccc(OC(C)=O)c2)cc1. The molecule has 0 spiro atoms. The van der Waals surface area contributed by atoms with Gasteiger partial charge in [0, 0.05) is 24.2 Å². The summed E-state index contributed by atoms with van der Waals surface area (Å²) in [5, 5.41) is 2.76. The topological polar surface area (TPSA) is 64.6 Å². The summed E-state index contributed by atoms with van der Waals surface area (Å²) >= 11 is 0. The van der Waals surface area contributed by atoms with Gasteiger partial charge in [0.2, 0.25) is 0 Å². The van der Waals surface area contributed by atoms with Gasteiger partial charge in [0.1, 0.15) is 11.5 Å². The average molecular weight is 313 g/mol. The number of carbonyl (C=O) groups is 2. The van der Waals surface area contributed by atoms with Crippen LogP contribution in [-0.2, 0) is 4.79 Å². The first-order valence-corrected chi connectivity index (χ1v) is 7.41. The normalized spacial score (nSPS) is 10.0. The first-order chi connectivity index (χ1) is 11.1. The van der Waals surface area contributed by atoms with Crippen molar-refractivity contribution in [1.82, 2.24) is 0 Å². The summed E-state index contributed by atoms with van der Waals surface area (Å²) in [6.45, 7) is 4.01. The smallest absolute Gasteiger partial charge is 0.308 e. The maximum absolute atomic E-state index is 12.2. The number of benzene rings is 2. The van der Waals surface area contributed by atoms with Crippen molar-refractivity contribution in [3.63, 3.8) is 0 Å². The molecule has 23 heavy (non-hydrogen) atoms. The molecule has 0 bridgehead atoms. The molecule has 120 valence electrons. The maximum atomic E-state index is 12.2. The number of hydrogen-bond acceptors (Lipinski definition) is 4. The zero-order valence-corrected chi connectivity index (χ0v) is 13.2. The van der Waals surface area contributed by atoms with Crippen LogP contribution < -0.4 is 14.8 Å². The van der Waals surface area contributed by atoms with E-state index in [9.17, 15) is 9.59 Å². The highest BCUT2D eigenvalue weighted by Gasteiger charge is 2.07. The molecule has 0 saturated heterocycles. The van der Waals surface area contributed by atoms with E-state index < -0.39 is 5.97 Å². The van der Waals surface area contributed by atoms with E-state index in [1.165, 1.54) is 6.92 Å². The Morgan fingerprint density at radius 3 is 2.43 bits per heavy atom. The fourth-order valence-electron chi connectivity index (χ4n) is 1.93. The molecule has 1 N–H and O–H groups in total. The van der Waals surface area contributed by atoms with Crippen molar-refractivity contribution in [1.29, 1.82) is 0 Å². The molecule has 0 aromatic heterocycles. The minimum Gasteiger partial charge on any atom is -0.494 e. The standard InChI is InChI=1S/C18H19NO4/c1-3-11-22-16-9-7-14(8-10-16)18(21)19-15-5-4-6-17(12-15)23-13(2)20/h4-10,12H,3,11H2,1-2H3,(H,19,21). The monoisotopic (exact) mass is 313 g/mol. The predicted molar refractivity (Wildman–Crippen MR) is 87.9 cm³/mol. The molecule has 0 saturated carbocycles. The Bertz CT molecular complexity index is 680. The second-order valence-electron chi connectivity index (χ2n) is 4.95. The highest BCUT2D eigenvalue weighted by atomic mass is 16.5. The largest absolute Gasteiger partial charge is 0.494 e. The van der Waals surface area contributed by atoms with Gasteiger partial charge in [-0.15, -0.1) is 0 Å². The molecule has 0 unspecified atom stereocenters. The number of nitrogens with one attached hydrogen (secondary N) is 1. The average Bonchev–Trinajstić information content (AvgIpc) is 2.53. The zero-order chi connectivity index (χ0) is 16.7. The van der Waals surface area contributed by atoms with Gasteiger partial charge in [0.15, 0.2) is 0 Å². The van der Waals surface area contributed by atoms with Crippen LogP contribution in [0.3, 0.4) is 0 Å². The summed E-state index contributed by atoms with van der Waals surface area (Å²) in [6, 6.07) is 13.6. The zero-order valence-electron chi connectivity index (χ0n) is 13.2. The van der Waals surface area contributed by atoms with E-state index in [0.29, 0.717) is 23.6 Å². The molecule has 2 aromatic carbocycles. The molecule has 0 aliphatic rings. The lowest BCUT2D eigenvalue weighted by atomic mass is 10.2. The lowest BCUT2D eigenvalue weighted by Gasteiger charge is -2.08. The Hall–Kier alpha value is -2.82. The maximum Gasteiger partial charge on any atom is 0.308 e. The van der Waals surface area contributed by atoms with E-state index in [1.807, 2.05) is 6.92 Å². The Labute approximate surface area is 135 Å². The number of hydrogen-bond donors (Lipinski definition) is 1. The van der Waals surface area contributed by atoms with Gasteiger partial charge in [-0.3, -0.25) is 9.59 Å². The third-order valence-corrected chi connectivity index (χ3v) is 2.94. The van der Waals surface area contributed by atoms with Crippen molar-refractivity contribution in [2.75, 3.05) is 11.9 Å². The van der Waals surface area contributed by atoms with Crippen LogP contribution in [0.4, 0.5) is 5.69 Å². The molecule has 2 rings (SSSR count). The van der Waals surface area contributed by atoms with Gasteiger partial charge in [0.05, 0.1) is 6.61 Å². The van der Waals surface area contributed by atoms with Crippen molar-refractivity contribution in [2.45, 2.75) is 20.3 Å². The minimum atomic E-state index is -0.406. The van der Waals surface area contributed by atoms with Crippen LogP contribution in [0.15, 0.2) is 48.5 Å². The van der Waals surface area contributed by atoms with Crippen molar-refractivity contribution < 1.29 is 19.1 Å². The molecule has 5 heteroatoms. The van der Waals surface area contributed by atoms with Crippen LogP contribution in [0.5, 0.6) is 11.5 Å². The third-order valence-electron chi connectivity index (χ3n) is 2.94. The lowest BCUT2D eigenvalue weighted by Crippen LogP contribution is -2.12. The van der Waals surface area contributed by atoms with Gasteiger partial charge in [-0.25, -0.2) is 0 Å². The van der Waals surface area contributed by atoms with E-state index in [2.05, 4.69) is 5.32 Å². The summed E-state index contributed by atoms with van der Waals surface area (Å²) in [5.74, 6) is 0.474. The molecular formula is C18H19NO4. The summed E-state index contributed by atoms with van der Waals surface area (Å²) < 4.78 is 10.5. The molecular weight excluding hydrogens is 294 g/mol. The van der Waals surface area contributed by atoms with Crippen LogP contribution in [0, 0.1) is 0 Å². The fourth-order valence-corrected chi connectivity index (χ4v) is 1.93. The number of anilines is 1. The first kappa shape index (κ1) is 16.5. The number of ether oxygens (including phenoxy) is 2. The molecule has 0 atom stereocenters. The molecule has 0 aliphatic carbocycles. The number of amides is 1. The molecule has 0 fully saturated rings. The van der Waals surface area contributed by atoms with Crippen LogP contribution in [0.25, 0.3) is 0 Å². The van der Waals surface area contributed by atoms with E-state index in [-0.39, 0.29) is 5.91 Å². The van der Waals surface area contributed by atoms with E-state index in [0.717, 1.165) is 12.2 Å². The van der Waals surface area contributed by atoms with Crippen LogP contribution in [0.2, 0.25) is 0 Å². The first-order valence-electron chi connectivity index (χ1n) is 7.41. The number of esters is 1. The second-order valence-corrected chi connectivity index (χ2v) is 4.95. The van der Waals surface area contributed by atoms with Crippen LogP contribution in [-0.4, -0.2) is 18.5 Å². The van der Waals surface area contributed by atoms with Gasteiger partial charge in [-0.2, -0.15) is 0 Å². The van der Waals surface area contributed by atoms with Crippen molar-refractivity contribution in [3.8, 4) is 11.5 Å². The number of rotatable bonds is 6. The Kier molecular flexibility index (Phi) is 5.74. The van der Waals surface area contributed by atoms with E-state index in [4.69, 9.17) is 9.47 Å². The van der Waals surface area contributed by atoms with Gasteiger partial charge >= 0.3 is 5.97 Å². The van der Waals surface area contributed by atoms with E-state index in [1.54, 1.807) is 48.5 Å². The Morgan fingerprint density at radius 2 is 1.78 bits per heavy atom. The third kappa shape index (κ3) is 5.14. The molecule has 1 amide bonds. The quantitative estimate of drug-likeness (QED) is 0.653. The summed E-state index contributed by atoms with van der Waals surface area (Å²) in [6.07, 6.45) is 0.931. The molecule has 0 radical (unpaired) electrons. The van der Waals surface area contributed by atoms with Crippen molar-refractivity contribution in [2.24, 2.45) is 0 Å². The fraction of sp³-hybridized carbons (Fsp3) is 0.222. The van der Waals surface area contributed by atoms with Crippen LogP contribution >= 0.6 is 0 Å².